The van der Waals surface area contributed by atoms with E-state index in [-0.39, 0.29) is 0 Å². The normalized spacial score (nSPS) is 23.2. The standard InChI is InChI=1S/C12H26N2O/c1-3-13-12-7-6-9-14(11-12)8-4-5-10-15-2/h12-13H,3-11H2,1-2H3. The van der Waals surface area contributed by atoms with E-state index in [9.17, 15) is 0 Å². The highest BCUT2D eigenvalue weighted by molar-refractivity contribution is 4.77. The van der Waals surface area contributed by atoms with Crippen LogP contribution in [0.4, 0.5) is 0 Å². The third-order valence-corrected chi connectivity index (χ3v) is 3.07. The minimum absolute atomic E-state index is 0.728. The fourth-order valence-corrected chi connectivity index (χ4v) is 2.30. The second kappa shape index (κ2) is 8.08. The lowest BCUT2D eigenvalue weighted by Crippen LogP contribution is -2.45. The number of nitrogens with zero attached hydrogens (tertiary/aromatic N) is 1. The van der Waals surface area contributed by atoms with Crippen LogP contribution in [-0.2, 0) is 4.74 Å². The molecule has 1 rings (SSSR count). The first-order valence-corrected chi connectivity index (χ1v) is 6.31. The number of likely N-dealkylation sites (tertiary alicyclic amines) is 1. The number of methoxy groups -OCH3 is 1. The largest absolute Gasteiger partial charge is 0.385 e. The molecule has 0 aromatic carbocycles. The number of ether oxygens (including phenoxy) is 1. The zero-order chi connectivity index (χ0) is 10.9. The molecule has 1 aliphatic rings. The first kappa shape index (κ1) is 12.9. The molecule has 0 aromatic rings. The van der Waals surface area contributed by atoms with E-state index in [1.54, 1.807) is 7.11 Å². The summed E-state index contributed by atoms with van der Waals surface area (Å²) in [5, 5.41) is 3.55. The summed E-state index contributed by atoms with van der Waals surface area (Å²) in [4.78, 5) is 2.59. The van der Waals surface area contributed by atoms with Crippen LogP contribution in [0.15, 0.2) is 0 Å². The van der Waals surface area contributed by atoms with Crippen LogP contribution >= 0.6 is 0 Å². The first-order valence-electron chi connectivity index (χ1n) is 6.31. The molecule has 1 heterocycles. The zero-order valence-electron chi connectivity index (χ0n) is 10.3. The minimum Gasteiger partial charge on any atom is -0.385 e. The molecule has 1 aliphatic heterocycles. The van der Waals surface area contributed by atoms with Crippen LogP contribution in [0.25, 0.3) is 0 Å². The maximum absolute atomic E-state index is 5.06. The molecule has 0 radical (unpaired) electrons. The monoisotopic (exact) mass is 214 g/mol. The number of rotatable bonds is 7. The van der Waals surface area contributed by atoms with Gasteiger partial charge in [-0.1, -0.05) is 6.92 Å². The van der Waals surface area contributed by atoms with Crippen molar-refractivity contribution in [2.75, 3.05) is 39.9 Å². The van der Waals surface area contributed by atoms with Gasteiger partial charge in [-0.15, -0.1) is 0 Å². The van der Waals surface area contributed by atoms with E-state index in [4.69, 9.17) is 4.74 Å². The van der Waals surface area contributed by atoms with Crippen LogP contribution in [0.1, 0.15) is 32.6 Å². The summed E-state index contributed by atoms with van der Waals surface area (Å²) in [7, 11) is 1.78. The highest BCUT2D eigenvalue weighted by Gasteiger charge is 2.17. The Kier molecular flexibility index (Phi) is 6.98. The lowest BCUT2D eigenvalue weighted by Gasteiger charge is -2.33. The molecule has 0 spiro atoms. The summed E-state index contributed by atoms with van der Waals surface area (Å²) >= 11 is 0. The predicted molar refractivity (Wildman–Crippen MR) is 64.2 cm³/mol. The second-order valence-corrected chi connectivity index (χ2v) is 4.40. The molecule has 3 nitrogen and oxygen atoms in total. The van der Waals surface area contributed by atoms with Gasteiger partial charge in [-0.05, 0) is 45.3 Å². The van der Waals surface area contributed by atoms with Crippen molar-refractivity contribution < 1.29 is 4.74 Å². The van der Waals surface area contributed by atoms with Crippen molar-refractivity contribution >= 4 is 0 Å². The van der Waals surface area contributed by atoms with E-state index in [0.29, 0.717) is 0 Å². The van der Waals surface area contributed by atoms with Gasteiger partial charge in [0.1, 0.15) is 0 Å². The molecule has 0 aromatic heterocycles. The Bertz CT molecular complexity index is 151. The number of hydrogen-bond acceptors (Lipinski definition) is 3. The molecule has 0 bridgehead atoms. The molecule has 0 amide bonds. The third-order valence-electron chi connectivity index (χ3n) is 3.07. The van der Waals surface area contributed by atoms with Crippen LogP contribution in [0.3, 0.4) is 0 Å². The molecule has 1 atom stereocenters. The number of likely N-dealkylation sites (N-methyl/N-ethyl adjacent to an activating group) is 1. The fraction of sp³-hybridized carbons (Fsp3) is 1.00. The number of nitrogens with one attached hydrogen (secondary N) is 1. The molecule has 0 aliphatic carbocycles. The summed E-state index contributed by atoms with van der Waals surface area (Å²) in [5.41, 5.74) is 0. The Labute approximate surface area is 94.2 Å². The quantitative estimate of drug-likeness (QED) is 0.650. The van der Waals surface area contributed by atoms with Gasteiger partial charge in [-0.2, -0.15) is 0 Å². The molecule has 1 fully saturated rings. The Balaban J connectivity index is 2.07. The third kappa shape index (κ3) is 5.50. The van der Waals surface area contributed by atoms with Crippen molar-refractivity contribution in [3.05, 3.63) is 0 Å². The highest BCUT2D eigenvalue weighted by Crippen LogP contribution is 2.10. The van der Waals surface area contributed by atoms with E-state index in [2.05, 4.69) is 17.1 Å². The number of piperidine rings is 1. The lowest BCUT2D eigenvalue weighted by molar-refractivity contribution is 0.166. The van der Waals surface area contributed by atoms with Gasteiger partial charge in [0.25, 0.3) is 0 Å². The fourth-order valence-electron chi connectivity index (χ4n) is 2.30. The van der Waals surface area contributed by atoms with E-state index in [0.717, 1.165) is 19.2 Å². The Hall–Kier alpha value is -0.120. The van der Waals surface area contributed by atoms with Crippen LogP contribution in [0.2, 0.25) is 0 Å². The minimum atomic E-state index is 0.728. The number of unbranched alkanes of at least 4 members (excludes halogenated alkanes) is 1. The van der Waals surface area contributed by atoms with Crippen LogP contribution in [0.5, 0.6) is 0 Å². The highest BCUT2D eigenvalue weighted by atomic mass is 16.5. The molecular formula is C12H26N2O. The van der Waals surface area contributed by atoms with Crippen molar-refractivity contribution in [2.45, 2.75) is 38.6 Å². The molecule has 1 saturated heterocycles. The Morgan fingerprint density at radius 2 is 2.27 bits per heavy atom. The van der Waals surface area contributed by atoms with Gasteiger partial charge >= 0.3 is 0 Å². The maximum Gasteiger partial charge on any atom is 0.0462 e. The van der Waals surface area contributed by atoms with Crippen molar-refractivity contribution in [2.24, 2.45) is 0 Å². The lowest BCUT2D eigenvalue weighted by atomic mass is 10.1. The van der Waals surface area contributed by atoms with Crippen LogP contribution in [-0.4, -0.2) is 50.8 Å². The van der Waals surface area contributed by atoms with E-state index in [1.165, 1.54) is 45.3 Å². The van der Waals surface area contributed by atoms with Crippen molar-refractivity contribution in [3.8, 4) is 0 Å². The average Bonchev–Trinajstić information content (AvgIpc) is 2.26. The van der Waals surface area contributed by atoms with Gasteiger partial charge in [0.15, 0.2) is 0 Å². The summed E-state index contributed by atoms with van der Waals surface area (Å²) in [6.45, 7) is 7.96. The SMILES string of the molecule is CCNC1CCCN(CCCCOC)C1. The molecular weight excluding hydrogens is 188 g/mol. The molecule has 15 heavy (non-hydrogen) atoms. The predicted octanol–water partition coefficient (Wildman–Crippen LogP) is 1.49. The Morgan fingerprint density at radius 3 is 3.00 bits per heavy atom. The van der Waals surface area contributed by atoms with Gasteiger partial charge in [0.05, 0.1) is 0 Å². The summed E-state index contributed by atoms with van der Waals surface area (Å²) < 4.78 is 5.06. The molecule has 1 unspecified atom stereocenters. The van der Waals surface area contributed by atoms with E-state index < -0.39 is 0 Å². The summed E-state index contributed by atoms with van der Waals surface area (Å²) in [6, 6.07) is 0.728. The van der Waals surface area contributed by atoms with Gasteiger partial charge in [0, 0.05) is 26.3 Å². The van der Waals surface area contributed by atoms with Gasteiger partial charge < -0.3 is 15.0 Å². The summed E-state index contributed by atoms with van der Waals surface area (Å²) in [6.07, 6.45) is 5.16. The molecule has 1 N–H and O–H groups in total. The van der Waals surface area contributed by atoms with Crippen molar-refractivity contribution in [1.82, 2.24) is 10.2 Å². The Morgan fingerprint density at radius 1 is 1.40 bits per heavy atom. The molecule has 0 saturated carbocycles. The number of hydrogen-bond donors (Lipinski definition) is 1. The van der Waals surface area contributed by atoms with E-state index in [1.807, 2.05) is 0 Å². The van der Waals surface area contributed by atoms with Crippen molar-refractivity contribution in [3.63, 3.8) is 0 Å². The van der Waals surface area contributed by atoms with E-state index >= 15 is 0 Å². The van der Waals surface area contributed by atoms with Crippen LogP contribution in [0, 0.1) is 0 Å². The second-order valence-electron chi connectivity index (χ2n) is 4.40. The topological polar surface area (TPSA) is 24.5 Å². The van der Waals surface area contributed by atoms with Gasteiger partial charge in [-0.3, -0.25) is 0 Å². The van der Waals surface area contributed by atoms with Gasteiger partial charge in [-0.25, -0.2) is 0 Å². The van der Waals surface area contributed by atoms with Crippen molar-refractivity contribution in [1.29, 1.82) is 0 Å². The zero-order valence-corrected chi connectivity index (χ0v) is 10.3. The molecule has 90 valence electrons. The molecule has 3 heteroatoms. The van der Waals surface area contributed by atoms with Crippen LogP contribution < -0.4 is 5.32 Å². The summed E-state index contributed by atoms with van der Waals surface area (Å²) in [5.74, 6) is 0. The maximum atomic E-state index is 5.06. The smallest absolute Gasteiger partial charge is 0.0462 e. The average molecular weight is 214 g/mol. The van der Waals surface area contributed by atoms with Gasteiger partial charge in [0.2, 0.25) is 0 Å². The first-order chi connectivity index (χ1) is 7.36.